The van der Waals surface area contributed by atoms with Crippen LogP contribution < -0.4 is 20.1 Å². The highest BCUT2D eigenvalue weighted by atomic mass is 35.5. The fourth-order valence-corrected chi connectivity index (χ4v) is 4.26. The molecule has 2 N–H and O–H groups in total. The number of carbonyl (C=O) groups is 2. The van der Waals surface area contributed by atoms with Crippen molar-refractivity contribution >= 4 is 51.6 Å². The number of anilines is 1. The van der Waals surface area contributed by atoms with Crippen molar-refractivity contribution in [2.45, 2.75) is 10.9 Å². The number of amides is 2. The van der Waals surface area contributed by atoms with E-state index < -0.39 is 0 Å². The molecule has 0 spiro atoms. The number of nitrogens with zero attached hydrogens (tertiary/aromatic N) is 2. The minimum Gasteiger partial charge on any atom is -0.493 e. The van der Waals surface area contributed by atoms with Gasteiger partial charge in [0.15, 0.2) is 15.8 Å². The molecule has 0 saturated heterocycles. The lowest BCUT2D eigenvalue weighted by Crippen LogP contribution is -2.24. The number of carbonyl (C=O) groups excluding carboxylic acids is 2. The minimum atomic E-state index is -0.355. The number of rotatable bonds is 9. The SMILES string of the molecule is COc1ccc(C(=O)Nc2nnc(SCC(=O)NCc3ccccc3Cl)s2)cc1OC. The molecule has 0 aliphatic rings. The average Bonchev–Trinajstić information content (AvgIpc) is 3.23. The molecule has 2 amide bonds. The highest BCUT2D eigenvalue weighted by Crippen LogP contribution is 2.29. The molecule has 31 heavy (non-hydrogen) atoms. The summed E-state index contributed by atoms with van der Waals surface area (Å²) in [7, 11) is 3.02. The molecule has 1 aromatic heterocycles. The van der Waals surface area contributed by atoms with Crippen molar-refractivity contribution in [3.8, 4) is 11.5 Å². The summed E-state index contributed by atoms with van der Waals surface area (Å²) in [6.45, 7) is 0.349. The summed E-state index contributed by atoms with van der Waals surface area (Å²) in [4.78, 5) is 24.5. The van der Waals surface area contributed by atoms with Crippen LogP contribution in [0.2, 0.25) is 5.02 Å². The van der Waals surface area contributed by atoms with Crippen LogP contribution in [0.25, 0.3) is 0 Å². The van der Waals surface area contributed by atoms with Crippen LogP contribution in [0.15, 0.2) is 46.8 Å². The number of thioether (sulfide) groups is 1. The lowest BCUT2D eigenvalue weighted by molar-refractivity contribution is -0.118. The van der Waals surface area contributed by atoms with Gasteiger partial charge in [0.05, 0.1) is 20.0 Å². The third-order valence-electron chi connectivity index (χ3n) is 4.03. The van der Waals surface area contributed by atoms with Gasteiger partial charge in [0, 0.05) is 17.1 Å². The summed E-state index contributed by atoms with van der Waals surface area (Å²) in [6.07, 6.45) is 0. The largest absolute Gasteiger partial charge is 0.493 e. The predicted octanol–water partition coefficient (Wildman–Crippen LogP) is 3.87. The van der Waals surface area contributed by atoms with Crippen molar-refractivity contribution in [2.24, 2.45) is 0 Å². The third-order valence-corrected chi connectivity index (χ3v) is 6.37. The molecule has 3 rings (SSSR count). The minimum absolute atomic E-state index is 0.156. The van der Waals surface area contributed by atoms with E-state index in [2.05, 4.69) is 20.8 Å². The standard InChI is InChI=1S/C20H19ClN4O4S2/c1-28-15-8-7-12(9-16(15)29-2)18(27)23-19-24-25-20(31-19)30-11-17(26)22-10-13-5-3-4-6-14(13)21/h3-9H,10-11H2,1-2H3,(H,22,26)(H,23,24,27). The van der Waals surface area contributed by atoms with Gasteiger partial charge in [-0.2, -0.15) is 0 Å². The molecule has 0 aliphatic carbocycles. The summed E-state index contributed by atoms with van der Waals surface area (Å²) in [5, 5.41) is 14.4. The Labute approximate surface area is 192 Å². The zero-order valence-corrected chi connectivity index (χ0v) is 19.1. The van der Waals surface area contributed by atoms with Crippen molar-refractivity contribution in [1.82, 2.24) is 15.5 Å². The van der Waals surface area contributed by atoms with Gasteiger partial charge in [0.1, 0.15) is 0 Å². The Bertz CT molecular complexity index is 1080. The van der Waals surface area contributed by atoms with Gasteiger partial charge < -0.3 is 14.8 Å². The second kappa shape index (κ2) is 11.0. The van der Waals surface area contributed by atoms with Crippen molar-refractivity contribution in [3.05, 3.63) is 58.6 Å². The van der Waals surface area contributed by atoms with E-state index in [1.807, 2.05) is 18.2 Å². The molecule has 0 fully saturated rings. The van der Waals surface area contributed by atoms with E-state index >= 15 is 0 Å². The van der Waals surface area contributed by atoms with Gasteiger partial charge in [0.25, 0.3) is 5.91 Å². The lowest BCUT2D eigenvalue weighted by atomic mass is 10.2. The fraction of sp³-hybridized carbons (Fsp3) is 0.200. The van der Waals surface area contributed by atoms with Crippen LogP contribution in [0.3, 0.4) is 0 Å². The van der Waals surface area contributed by atoms with Gasteiger partial charge in [0.2, 0.25) is 11.0 Å². The van der Waals surface area contributed by atoms with E-state index in [-0.39, 0.29) is 17.6 Å². The smallest absolute Gasteiger partial charge is 0.257 e. The fourth-order valence-electron chi connectivity index (χ4n) is 2.48. The number of benzene rings is 2. The van der Waals surface area contributed by atoms with Crippen LogP contribution in [-0.2, 0) is 11.3 Å². The Morgan fingerprint density at radius 3 is 2.61 bits per heavy atom. The van der Waals surface area contributed by atoms with E-state index in [1.165, 1.54) is 37.3 Å². The molecule has 0 unspecified atom stereocenters. The van der Waals surface area contributed by atoms with Crippen LogP contribution in [0.1, 0.15) is 15.9 Å². The van der Waals surface area contributed by atoms with Gasteiger partial charge in [-0.1, -0.05) is 52.9 Å². The number of aromatic nitrogens is 2. The third kappa shape index (κ3) is 6.33. The first-order valence-corrected chi connectivity index (χ1v) is 11.2. The summed E-state index contributed by atoms with van der Waals surface area (Å²) >= 11 is 8.50. The van der Waals surface area contributed by atoms with Crippen molar-refractivity contribution < 1.29 is 19.1 Å². The Kier molecular flexibility index (Phi) is 8.10. The van der Waals surface area contributed by atoms with Gasteiger partial charge in [-0.05, 0) is 29.8 Å². The van der Waals surface area contributed by atoms with Gasteiger partial charge in [-0.3, -0.25) is 14.9 Å². The first-order chi connectivity index (χ1) is 15.0. The van der Waals surface area contributed by atoms with Gasteiger partial charge >= 0.3 is 0 Å². The highest BCUT2D eigenvalue weighted by molar-refractivity contribution is 8.01. The van der Waals surface area contributed by atoms with Crippen molar-refractivity contribution in [1.29, 1.82) is 0 Å². The number of halogens is 1. The zero-order valence-electron chi connectivity index (χ0n) is 16.7. The van der Waals surface area contributed by atoms with Crippen LogP contribution >= 0.6 is 34.7 Å². The molecule has 3 aromatic rings. The number of hydrogen-bond donors (Lipinski definition) is 2. The molecule has 0 bridgehead atoms. The molecule has 11 heteroatoms. The maximum absolute atomic E-state index is 12.5. The zero-order chi connectivity index (χ0) is 22.2. The number of hydrogen-bond acceptors (Lipinski definition) is 8. The first-order valence-electron chi connectivity index (χ1n) is 9.00. The molecule has 1 heterocycles. The van der Waals surface area contributed by atoms with Crippen molar-refractivity contribution in [2.75, 3.05) is 25.3 Å². The molecular weight excluding hydrogens is 460 g/mol. The number of methoxy groups -OCH3 is 2. The maximum atomic E-state index is 12.5. The van der Waals surface area contributed by atoms with E-state index in [1.54, 1.807) is 24.3 Å². The predicted molar refractivity (Wildman–Crippen MR) is 121 cm³/mol. The Morgan fingerprint density at radius 2 is 1.87 bits per heavy atom. The van der Waals surface area contributed by atoms with E-state index in [9.17, 15) is 9.59 Å². The molecular formula is C20H19ClN4O4S2. The highest BCUT2D eigenvalue weighted by Gasteiger charge is 2.14. The molecule has 0 atom stereocenters. The van der Waals surface area contributed by atoms with E-state index in [4.69, 9.17) is 21.1 Å². The summed E-state index contributed by atoms with van der Waals surface area (Å²) in [5.74, 6) is 0.637. The molecule has 0 saturated carbocycles. The van der Waals surface area contributed by atoms with Gasteiger partial charge in [-0.15, -0.1) is 10.2 Å². The van der Waals surface area contributed by atoms with Crippen LogP contribution in [0.4, 0.5) is 5.13 Å². The number of ether oxygens (including phenoxy) is 2. The summed E-state index contributed by atoms with van der Waals surface area (Å²) < 4.78 is 10.9. The second-order valence-electron chi connectivity index (χ2n) is 6.05. The Hall–Kier alpha value is -2.82. The molecule has 0 aliphatic heterocycles. The van der Waals surface area contributed by atoms with Crippen molar-refractivity contribution in [3.63, 3.8) is 0 Å². The van der Waals surface area contributed by atoms with Crippen LogP contribution in [0.5, 0.6) is 11.5 Å². The summed E-state index contributed by atoms with van der Waals surface area (Å²) in [5.41, 5.74) is 1.24. The molecule has 162 valence electrons. The van der Waals surface area contributed by atoms with Crippen LogP contribution in [0, 0.1) is 0 Å². The van der Waals surface area contributed by atoms with Gasteiger partial charge in [-0.25, -0.2) is 0 Å². The van der Waals surface area contributed by atoms with E-state index in [0.717, 1.165) is 5.56 Å². The Morgan fingerprint density at radius 1 is 1.10 bits per heavy atom. The molecule has 2 aromatic carbocycles. The molecule has 8 nitrogen and oxygen atoms in total. The monoisotopic (exact) mass is 478 g/mol. The number of nitrogens with one attached hydrogen (secondary N) is 2. The van der Waals surface area contributed by atoms with Crippen LogP contribution in [-0.4, -0.2) is 42.0 Å². The first kappa shape index (κ1) is 22.9. The topological polar surface area (TPSA) is 102 Å². The Balaban J connectivity index is 1.50. The quantitative estimate of drug-likeness (QED) is 0.355. The average molecular weight is 479 g/mol. The summed E-state index contributed by atoms with van der Waals surface area (Å²) in [6, 6.07) is 12.2. The lowest BCUT2D eigenvalue weighted by Gasteiger charge is -2.08. The second-order valence-corrected chi connectivity index (χ2v) is 8.66. The molecule has 0 radical (unpaired) electrons. The van der Waals surface area contributed by atoms with E-state index in [0.29, 0.717) is 38.1 Å². The maximum Gasteiger partial charge on any atom is 0.257 e. The normalized spacial score (nSPS) is 10.4.